The van der Waals surface area contributed by atoms with Gasteiger partial charge in [-0.15, -0.1) is 0 Å². The van der Waals surface area contributed by atoms with Crippen LogP contribution in [0.1, 0.15) is 19.5 Å². The molecule has 1 aromatic heterocycles. The van der Waals surface area contributed by atoms with E-state index in [0.717, 1.165) is 6.07 Å². The zero-order valence-electron chi connectivity index (χ0n) is 14.8. The average molecular weight is 439 g/mol. The SMILES string of the molecule is CCOP(=O)(/C=C/c1ccc2cccc(OS(=O)(=O)C(F)(F)F)c2n1)OCC. The fourth-order valence-electron chi connectivity index (χ4n) is 2.11. The maximum Gasteiger partial charge on any atom is 0.534 e. The van der Waals surface area contributed by atoms with Crippen molar-refractivity contribution in [3.63, 3.8) is 0 Å². The van der Waals surface area contributed by atoms with E-state index in [4.69, 9.17) is 9.05 Å². The number of pyridine rings is 1. The number of halogens is 3. The van der Waals surface area contributed by atoms with E-state index < -0.39 is 29.0 Å². The van der Waals surface area contributed by atoms with Crippen molar-refractivity contribution < 1.29 is 39.4 Å². The Labute approximate surface area is 159 Å². The summed E-state index contributed by atoms with van der Waals surface area (Å²) >= 11 is 0. The summed E-state index contributed by atoms with van der Waals surface area (Å²) in [5, 5.41) is 0.352. The van der Waals surface area contributed by atoms with Crippen molar-refractivity contribution in [1.29, 1.82) is 0 Å². The number of alkyl halides is 3. The Hall–Kier alpha value is -1.94. The van der Waals surface area contributed by atoms with Gasteiger partial charge in [-0.25, -0.2) is 4.98 Å². The predicted molar refractivity (Wildman–Crippen MR) is 97.2 cm³/mol. The topological polar surface area (TPSA) is 91.8 Å². The summed E-state index contributed by atoms with van der Waals surface area (Å²) in [6.45, 7) is 3.55. The summed E-state index contributed by atoms with van der Waals surface area (Å²) in [5.41, 5.74) is -5.50. The molecule has 28 heavy (non-hydrogen) atoms. The number of para-hydroxylation sites is 1. The third-order valence-electron chi connectivity index (χ3n) is 3.23. The number of nitrogens with zero attached hydrogens (tertiary/aromatic N) is 1. The van der Waals surface area contributed by atoms with Gasteiger partial charge in [-0.05, 0) is 32.1 Å². The molecule has 7 nitrogen and oxygen atoms in total. The second kappa shape index (κ2) is 8.60. The number of benzene rings is 1. The number of hydrogen-bond acceptors (Lipinski definition) is 7. The van der Waals surface area contributed by atoms with Crippen LogP contribution in [0.25, 0.3) is 17.0 Å². The van der Waals surface area contributed by atoms with Crippen molar-refractivity contribution in [2.45, 2.75) is 19.4 Å². The zero-order chi connectivity index (χ0) is 21.0. The van der Waals surface area contributed by atoms with Crippen LogP contribution < -0.4 is 4.18 Å². The maximum absolute atomic E-state index is 12.6. The molecule has 0 bridgehead atoms. The van der Waals surface area contributed by atoms with E-state index in [0.29, 0.717) is 5.39 Å². The highest BCUT2D eigenvalue weighted by molar-refractivity contribution is 7.88. The van der Waals surface area contributed by atoms with Crippen molar-refractivity contribution in [3.05, 3.63) is 41.8 Å². The molecule has 0 aliphatic rings. The molecule has 154 valence electrons. The lowest BCUT2D eigenvalue weighted by molar-refractivity contribution is -0.0499. The number of aromatic nitrogens is 1. The van der Waals surface area contributed by atoms with Crippen molar-refractivity contribution in [2.24, 2.45) is 0 Å². The Morgan fingerprint density at radius 2 is 1.75 bits per heavy atom. The van der Waals surface area contributed by atoms with E-state index in [2.05, 4.69) is 9.17 Å². The summed E-state index contributed by atoms with van der Waals surface area (Å²) in [5.74, 6) is 0.590. The summed E-state index contributed by atoms with van der Waals surface area (Å²) in [7, 11) is -9.36. The van der Waals surface area contributed by atoms with Gasteiger partial charge in [0.25, 0.3) is 0 Å². The average Bonchev–Trinajstić information content (AvgIpc) is 2.59. The van der Waals surface area contributed by atoms with Crippen LogP contribution in [-0.4, -0.2) is 32.1 Å². The first-order chi connectivity index (χ1) is 13.0. The van der Waals surface area contributed by atoms with Crippen LogP contribution in [0.4, 0.5) is 13.2 Å². The highest BCUT2D eigenvalue weighted by Gasteiger charge is 2.48. The molecule has 0 atom stereocenters. The van der Waals surface area contributed by atoms with Crippen LogP contribution >= 0.6 is 7.60 Å². The predicted octanol–water partition coefficient (Wildman–Crippen LogP) is 4.70. The molecule has 0 aliphatic carbocycles. The van der Waals surface area contributed by atoms with Gasteiger partial charge in [0, 0.05) is 11.2 Å². The maximum atomic E-state index is 12.6. The molecule has 2 rings (SSSR count). The number of fused-ring (bicyclic) bond motifs is 1. The molecular formula is C16H17F3NO6PS. The van der Waals surface area contributed by atoms with Gasteiger partial charge in [0.15, 0.2) is 5.75 Å². The summed E-state index contributed by atoms with van der Waals surface area (Å²) in [4.78, 5) is 4.09. The minimum Gasteiger partial charge on any atom is -0.374 e. The van der Waals surface area contributed by atoms with Crippen LogP contribution in [0.3, 0.4) is 0 Å². The monoisotopic (exact) mass is 439 g/mol. The fraction of sp³-hybridized carbons (Fsp3) is 0.312. The molecule has 0 spiro atoms. The van der Waals surface area contributed by atoms with Crippen molar-refractivity contribution >= 4 is 34.7 Å². The largest absolute Gasteiger partial charge is 0.534 e. The van der Waals surface area contributed by atoms with Crippen LogP contribution in [0, 0.1) is 0 Å². The molecule has 0 fully saturated rings. The van der Waals surface area contributed by atoms with Crippen molar-refractivity contribution in [3.8, 4) is 5.75 Å². The van der Waals surface area contributed by atoms with E-state index in [1.54, 1.807) is 13.8 Å². The second-order valence-corrected chi connectivity index (χ2v) is 8.67. The first-order valence-corrected chi connectivity index (χ1v) is 11.0. The highest BCUT2D eigenvalue weighted by atomic mass is 32.2. The minimum absolute atomic E-state index is 0.111. The number of rotatable bonds is 8. The molecule has 0 N–H and O–H groups in total. The molecule has 2 aromatic rings. The number of hydrogen-bond donors (Lipinski definition) is 0. The van der Waals surface area contributed by atoms with Gasteiger partial charge in [0.2, 0.25) is 0 Å². The molecule has 0 amide bonds. The van der Waals surface area contributed by atoms with E-state index in [9.17, 15) is 26.2 Å². The first kappa shape index (κ1) is 22.4. The molecule has 0 saturated carbocycles. The summed E-state index contributed by atoms with van der Waals surface area (Å²) < 4.78 is 87.2. The van der Waals surface area contributed by atoms with E-state index in [-0.39, 0.29) is 24.4 Å². The fourth-order valence-corrected chi connectivity index (χ4v) is 3.88. The molecule has 0 aliphatic heterocycles. The highest BCUT2D eigenvalue weighted by Crippen LogP contribution is 2.50. The third kappa shape index (κ3) is 5.32. The van der Waals surface area contributed by atoms with Gasteiger partial charge in [0.1, 0.15) is 5.52 Å². The molecule has 1 heterocycles. The molecule has 0 saturated heterocycles. The van der Waals surface area contributed by atoms with Gasteiger partial charge in [-0.1, -0.05) is 18.2 Å². The van der Waals surface area contributed by atoms with Gasteiger partial charge >= 0.3 is 23.2 Å². The summed E-state index contributed by atoms with van der Waals surface area (Å²) in [6.07, 6.45) is 1.31. The third-order valence-corrected chi connectivity index (χ3v) is 5.95. The Kier molecular flexibility index (Phi) is 6.87. The quantitative estimate of drug-likeness (QED) is 0.334. The summed E-state index contributed by atoms with van der Waals surface area (Å²) in [6, 6.07) is 6.91. The van der Waals surface area contributed by atoms with E-state index in [1.807, 2.05) is 0 Å². The van der Waals surface area contributed by atoms with Crippen LogP contribution in [0.15, 0.2) is 36.1 Å². The lowest BCUT2D eigenvalue weighted by Gasteiger charge is -2.13. The van der Waals surface area contributed by atoms with Gasteiger partial charge < -0.3 is 13.2 Å². The first-order valence-electron chi connectivity index (χ1n) is 8.00. The molecule has 0 unspecified atom stereocenters. The van der Waals surface area contributed by atoms with E-state index >= 15 is 0 Å². The van der Waals surface area contributed by atoms with Crippen LogP contribution in [0.5, 0.6) is 5.75 Å². The minimum atomic E-state index is -5.85. The molecule has 1 aromatic carbocycles. The second-order valence-electron chi connectivity index (χ2n) is 5.24. The van der Waals surface area contributed by atoms with Crippen LogP contribution in [-0.2, 0) is 23.7 Å². The lowest BCUT2D eigenvalue weighted by Crippen LogP contribution is -2.28. The van der Waals surface area contributed by atoms with Gasteiger partial charge in [0.05, 0.1) is 18.9 Å². The molecule has 0 radical (unpaired) electrons. The molecule has 12 heteroatoms. The van der Waals surface area contributed by atoms with E-state index in [1.165, 1.54) is 36.2 Å². The molecular weight excluding hydrogens is 422 g/mol. The Bertz CT molecular complexity index is 1010. The Morgan fingerprint density at radius 3 is 2.32 bits per heavy atom. The Morgan fingerprint density at radius 1 is 1.11 bits per heavy atom. The normalized spacial score (nSPS) is 13.3. The van der Waals surface area contributed by atoms with Crippen molar-refractivity contribution in [1.82, 2.24) is 4.98 Å². The standard InChI is InChI=1S/C16H17F3NO6PS/c1-3-24-27(21,25-4-2)11-10-13-9-8-12-6-5-7-14(15(12)20-13)26-28(22,23)16(17,18)19/h5-11H,3-4H2,1-2H3/b11-10+. The Balaban J connectivity index is 2.44. The lowest BCUT2D eigenvalue weighted by atomic mass is 10.2. The van der Waals surface area contributed by atoms with Gasteiger partial charge in [-0.2, -0.15) is 21.6 Å². The smallest absolute Gasteiger partial charge is 0.374 e. The van der Waals surface area contributed by atoms with Crippen molar-refractivity contribution in [2.75, 3.05) is 13.2 Å². The van der Waals surface area contributed by atoms with Gasteiger partial charge in [-0.3, -0.25) is 4.57 Å². The van der Waals surface area contributed by atoms with Crippen LogP contribution in [0.2, 0.25) is 0 Å². The zero-order valence-corrected chi connectivity index (χ0v) is 16.6.